The Balaban J connectivity index is 1.73. The van der Waals surface area contributed by atoms with Crippen LogP contribution in [0.2, 0.25) is 0 Å². The number of rotatable bonds is 5. The number of nitrogens with one attached hydrogen (secondary N) is 1. The van der Waals surface area contributed by atoms with Crippen molar-refractivity contribution in [1.82, 2.24) is 10.2 Å². The summed E-state index contributed by atoms with van der Waals surface area (Å²) in [6, 6.07) is 0.572. The monoisotopic (exact) mass is 284 g/mol. The number of hydrogen-bond acceptors (Lipinski definition) is 4. The largest absolute Gasteiger partial charge is 0.388 e. The summed E-state index contributed by atoms with van der Waals surface area (Å²) in [5, 5.41) is 14.2. The maximum Gasteiger partial charge on any atom is 0.0869 e. The lowest BCUT2D eigenvalue weighted by Gasteiger charge is -2.38. The van der Waals surface area contributed by atoms with Gasteiger partial charge in [0, 0.05) is 32.2 Å². The van der Waals surface area contributed by atoms with Crippen molar-refractivity contribution in [3.05, 3.63) is 0 Å². The van der Waals surface area contributed by atoms with Gasteiger partial charge in [-0.3, -0.25) is 4.90 Å². The van der Waals surface area contributed by atoms with E-state index in [4.69, 9.17) is 4.74 Å². The fourth-order valence-corrected chi connectivity index (χ4v) is 3.62. The van der Waals surface area contributed by atoms with Crippen molar-refractivity contribution >= 4 is 0 Å². The second kappa shape index (κ2) is 7.21. The Morgan fingerprint density at radius 3 is 2.60 bits per heavy atom. The van der Waals surface area contributed by atoms with Gasteiger partial charge in [-0.2, -0.15) is 0 Å². The van der Waals surface area contributed by atoms with Gasteiger partial charge < -0.3 is 15.2 Å². The zero-order valence-corrected chi connectivity index (χ0v) is 13.4. The number of hydrogen-bond donors (Lipinski definition) is 2. The van der Waals surface area contributed by atoms with Gasteiger partial charge in [-0.25, -0.2) is 0 Å². The Morgan fingerprint density at radius 2 is 1.95 bits per heavy atom. The third-order valence-corrected chi connectivity index (χ3v) is 4.84. The summed E-state index contributed by atoms with van der Waals surface area (Å²) >= 11 is 0. The van der Waals surface area contributed by atoms with Gasteiger partial charge >= 0.3 is 0 Å². The molecule has 0 spiro atoms. The van der Waals surface area contributed by atoms with Crippen LogP contribution in [0.25, 0.3) is 0 Å². The molecule has 4 nitrogen and oxygen atoms in total. The summed E-state index contributed by atoms with van der Waals surface area (Å²) in [7, 11) is 0. The molecular formula is C16H32N2O2. The lowest BCUT2D eigenvalue weighted by Crippen LogP contribution is -2.53. The molecule has 2 aliphatic rings. The lowest BCUT2D eigenvalue weighted by molar-refractivity contribution is -0.0242. The number of morpholine rings is 1. The van der Waals surface area contributed by atoms with Crippen LogP contribution < -0.4 is 5.32 Å². The van der Waals surface area contributed by atoms with Gasteiger partial charge in [0.15, 0.2) is 0 Å². The van der Waals surface area contributed by atoms with Gasteiger partial charge in [-0.15, -0.1) is 0 Å². The van der Waals surface area contributed by atoms with Crippen molar-refractivity contribution in [2.24, 2.45) is 11.8 Å². The average molecular weight is 284 g/mol. The molecule has 2 fully saturated rings. The smallest absolute Gasteiger partial charge is 0.0869 e. The lowest BCUT2D eigenvalue weighted by atomic mass is 9.79. The van der Waals surface area contributed by atoms with Crippen molar-refractivity contribution in [3.63, 3.8) is 0 Å². The van der Waals surface area contributed by atoms with E-state index in [1.807, 2.05) is 6.92 Å². The molecule has 4 heteroatoms. The average Bonchev–Trinajstić information content (AvgIpc) is 2.38. The quantitative estimate of drug-likeness (QED) is 0.803. The van der Waals surface area contributed by atoms with Crippen molar-refractivity contribution in [2.75, 3.05) is 39.4 Å². The summed E-state index contributed by atoms with van der Waals surface area (Å²) < 4.78 is 5.35. The predicted molar refractivity (Wildman–Crippen MR) is 81.9 cm³/mol. The molecule has 0 aromatic rings. The van der Waals surface area contributed by atoms with E-state index >= 15 is 0 Å². The predicted octanol–water partition coefficient (Wildman–Crippen LogP) is 1.48. The highest BCUT2D eigenvalue weighted by molar-refractivity contribution is 4.86. The summed E-state index contributed by atoms with van der Waals surface area (Å²) in [6.45, 7) is 11.5. The molecule has 2 N–H and O–H groups in total. The Kier molecular flexibility index (Phi) is 5.84. The third-order valence-electron chi connectivity index (χ3n) is 4.84. The summed E-state index contributed by atoms with van der Waals surface area (Å²) in [6.07, 6.45) is 3.87. The Bertz CT molecular complexity index is 290. The topological polar surface area (TPSA) is 44.7 Å². The van der Waals surface area contributed by atoms with Gasteiger partial charge in [0.05, 0.1) is 18.8 Å². The van der Waals surface area contributed by atoms with Crippen LogP contribution in [0.5, 0.6) is 0 Å². The second-order valence-electron chi connectivity index (χ2n) is 7.27. The minimum atomic E-state index is -0.653. The molecule has 2 rings (SSSR count). The number of nitrogens with zero attached hydrogens (tertiary/aromatic N) is 1. The molecule has 1 saturated carbocycles. The van der Waals surface area contributed by atoms with Crippen LogP contribution in [0, 0.1) is 11.8 Å². The van der Waals surface area contributed by atoms with Crippen LogP contribution in [-0.2, 0) is 4.74 Å². The molecule has 0 aromatic heterocycles. The van der Waals surface area contributed by atoms with E-state index in [1.165, 1.54) is 19.3 Å². The molecule has 1 heterocycles. The van der Waals surface area contributed by atoms with Crippen molar-refractivity contribution in [3.8, 4) is 0 Å². The normalized spacial score (nSPS) is 35.7. The van der Waals surface area contributed by atoms with Gasteiger partial charge in [0.1, 0.15) is 0 Å². The summed E-state index contributed by atoms with van der Waals surface area (Å²) in [5.41, 5.74) is -0.653. The van der Waals surface area contributed by atoms with Gasteiger partial charge in [0.2, 0.25) is 0 Å². The van der Waals surface area contributed by atoms with Crippen LogP contribution in [-0.4, -0.2) is 61.0 Å². The van der Waals surface area contributed by atoms with Crippen LogP contribution in [0.1, 0.15) is 40.0 Å². The molecule has 0 unspecified atom stereocenters. The summed E-state index contributed by atoms with van der Waals surface area (Å²) in [4.78, 5) is 2.30. The van der Waals surface area contributed by atoms with Crippen molar-refractivity contribution < 1.29 is 9.84 Å². The van der Waals surface area contributed by atoms with Crippen LogP contribution in [0.15, 0.2) is 0 Å². The second-order valence-corrected chi connectivity index (χ2v) is 7.27. The van der Waals surface area contributed by atoms with E-state index in [9.17, 15) is 5.11 Å². The molecule has 0 aromatic carbocycles. The number of ether oxygens (including phenoxy) is 1. The zero-order valence-electron chi connectivity index (χ0n) is 13.4. The first-order valence-electron chi connectivity index (χ1n) is 8.22. The standard InChI is InChI=1S/C16H32N2O2/c1-13-4-5-15(14(2)10-13)17-11-16(3,19)12-18-6-8-20-9-7-18/h13-15,17,19H,4-12H2,1-3H3/t13-,14+,15+,16+/m1/s1. The van der Waals surface area contributed by atoms with Gasteiger partial charge in [-0.05, 0) is 38.0 Å². The molecular weight excluding hydrogens is 252 g/mol. The minimum absolute atomic E-state index is 0.572. The van der Waals surface area contributed by atoms with Crippen LogP contribution >= 0.6 is 0 Å². The fraction of sp³-hybridized carbons (Fsp3) is 1.00. The third kappa shape index (κ3) is 4.99. The van der Waals surface area contributed by atoms with Crippen LogP contribution in [0.3, 0.4) is 0 Å². The molecule has 4 atom stereocenters. The Morgan fingerprint density at radius 1 is 1.25 bits per heavy atom. The van der Waals surface area contributed by atoms with E-state index in [1.54, 1.807) is 0 Å². The van der Waals surface area contributed by atoms with Gasteiger partial charge in [-0.1, -0.05) is 13.8 Å². The van der Waals surface area contributed by atoms with E-state index < -0.39 is 5.60 Å². The van der Waals surface area contributed by atoms with Crippen molar-refractivity contribution in [2.45, 2.75) is 51.7 Å². The molecule has 1 saturated heterocycles. The highest BCUT2D eigenvalue weighted by Crippen LogP contribution is 2.28. The van der Waals surface area contributed by atoms with E-state index in [0.29, 0.717) is 12.6 Å². The highest BCUT2D eigenvalue weighted by atomic mass is 16.5. The number of β-amino-alcohol motifs (C(OH)–C–C–N with tert-alkyl or cyclic N) is 1. The molecule has 1 aliphatic heterocycles. The number of aliphatic hydroxyl groups is 1. The maximum atomic E-state index is 10.6. The van der Waals surface area contributed by atoms with E-state index in [-0.39, 0.29) is 0 Å². The first-order valence-corrected chi connectivity index (χ1v) is 8.22. The molecule has 20 heavy (non-hydrogen) atoms. The highest BCUT2D eigenvalue weighted by Gasteiger charge is 2.29. The maximum absolute atomic E-state index is 10.6. The zero-order chi connectivity index (χ0) is 14.6. The van der Waals surface area contributed by atoms with Crippen molar-refractivity contribution in [1.29, 1.82) is 0 Å². The van der Waals surface area contributed by atoms with E-state index in [2.05, 4.69) is 24.1 Å². The molecule has 118 valence electrons. The summed E-state index contributed by atoms with van der Waals surface area (Å²) in [5.74, 6) is 1.58. The molecule has 0 bridgehead atoms. The Hall–Kier alpha value is -0.160. The first-order chi connectivity index (χ1) is 9.46. The SMILES string of the molecule is C[C@@H]1CC[C@H](NC[C@](C)(O)CN2CCOCC2)[C@@H](C)C1. The Labute approximate surface area is 123 Å². The first kappa shape index (κ1) is 16.2. The molecule has 0 amide bonds. The minimum Gasteiger partial charge on any atom is -0.388 e. The molecule has 0 radical (unpaired) electrons. The van der Waals surface area contributed by atoms with Gasteiger partial charge in [0.25, 0.3) is 0 Å². The molecule has 1 aliphatic carbocycles. The van der Waals surface area contributed by atoms with Crippen LogP contribution in [0.4, 0.5) is 0 Å². The fourth-order valence-electron chi connectivity index (χ4n) is 3.62. The van der Waals surface area contributed by atoms with E-state index in [0.717, 1.165) is 44.7 Å².